The summed E-state index contributed by atoms with van der Waals surface area (Å²) in [5, 5.41) is 2.95. The van der Waals surface area contributed by atoms with Crippen LogP contribution in [0.5, 0.6) is 0 Å². The second-order valence-corrected chi connectivity index (χ2v) is 5.48. The monoisotopic (exact) mass is 362 g/mol. The van der Waals surface area contributed by atoms with E-state index in [9.17, 15) is 4.79 Å². The van der Waals surface area contributed by atoms with Crippen LogP contribution in [0, 0.1) is 0 Å². The van der Waals surface area contributed by atoms with Crippen molar-refractivity contribution in [2.45, 2.75) is 0 Å². The van der Waals surface area contributed by atoms with Gasteiger partial charge in [-0.15, -0.1) is 0 Å². The van der Waals surface area contributed by atoms with Crippen LogP contribution in [-0.2, 0) is 0 Å². The fourth-order valence-corrected chi connectivity index (χ4v) is 2.29. The number of amides is 1. The Morgan fingerprint density at radius 2 is 1.86 bits per heavy atom. The van der Waals surface area contributed by atoms with Crippen LogP contribution in [0.1, 0.15) is 10.4 Å². The number of halogens is 2. The summed E-state index contributed by atoms with van der Waals surface area (Å²) in [6, 6.07) is 6.80. The molecule has 1 amide bonds. The largest absolute Gasteiger partial charge is 0.319 e. The van der Waals surface area contributed by atoms with E-state index in [2.05, 4.69) is 36.2 Å². The Kier molecular flexibility index (Phi) is 3.81. The summed E-state index contributed by atoms with van der Waals surface area (Å²) >= 11 is 9.24. The number of aromatic nitrogens is 3. The lowest BCUT2D eigenvalue weighted by atomic mass is 10.2. The number of carbonyl (C=O) groups excluding carboxylic acids is 1. The zero-order chi connectivity index (χ0) is 14.8. The zero-order valence-corrected chi connectivity index (χ0v) is 12.9. The molecule has 3 rings (SSSR count). The van der Waals surface area contributed by atoms with Crippen molar-refractivity contribution in [3.63, 3.8) is 0 Å². The molecule has 1 N–H and O–H groups in total. The lowest BCUT2D eigenvalue weighted by molar-refractivity contribution is 0.102. The van der Waals surface area contributed by atoms with Crippen LogP contribution in [0.15, 0.2) is 47.3 Å². The third-order valence-electron chi connectivity index (χ3n) is 2.79. The summed E-state index contributed by atoms with van der Waals surface area (Å²) < 4.78 is 0.728. The lowest BCUT2D eigenvalue weighted by Crippen LogP contribution is -2.12. The summed E-state index contributed by atoms with van der Waals surface area (Å²) in [7, 11) is 0. The SMILES string of the molecule is O=C(Nc1cc(Br)cnc1Cl)c1ccc2nccnc2c1. The number of carbonyl (C=O) groups is 1. The van der Waals surface area contributed by atoms with Crippen LogP contribution >= 0.6 is 27.5 Å². The molecule has 1 aromatic carbocycles. The first-order chi connectivity index (χ1) is 10.1. The molecule has 0 aliphatic heterocycles. The van der Waals surface area contributed by atoms with E-state index in [1.165, 1.54) is 0 Å². The van der Waals surface area contributed by atoms with Gasteiger partial charge >= 0.3 is 0 Å². The van der Waals surface area contributed by atoms with Gasteiger partial charge in [0, 0.05) is 28.6 Å². The number of benzene rings is 1. The third kappa shape index (κ3) is 3.01. The molecule has 0 fully saturated rings. The van der Waals surface area contributed by atoms with Crippen LogP contribution in [0.3, 0.4) is 0 Å². The van der Waals surface area contributed by atoms with Gasteiger partial charge in [0.25, 0.3) is 5.91 Å². The molecule has 0 atom stereocenters. The summed E-state index contributed by atoms with van der Waals surface area (Å²) in [5.74, 6) is -0.288. The number of pyridine rings is 1. The summed E-state index contributed by atoms with van der Waals surface area (Å²) in [4.78, 5) is 24.6. The van der Waals surface area contributed by atoms with Crippen molar-refractivity contribution < 1.29 is 4.79 Å². The maximum atomic E-state index is 12.3. The van der Waals surface area contributed by atoms with Crippen molar-refractivity contribution in [2.24, 2.45) is 0 Å². The molecule has 0 aliphatic carbocycles. The minimum Gasteiger partial charge on any atom is -0.319 e. The molecule has 0 bridgehead atoms. The number of hydrogen-bond acceptors (Lipinski definition) is 4. The molecule has 3 aromatic rings. The highest BCUT2D eigenvalue weighted by molar-refractivity contribution is 9.10. The molecular weight excluding hydrogens is 356 g/mol. The van der Waals surface area contributed by atoms with Crippen molar-refractivity contribution in [1.82, 2.24) is 15.0 Å². The van der Waals surface area contributed by atoms with Crippen molar-refractivity contribution in [2.75, 3.05) is 5.32 Å². The van der Waals surface area contributed by atoms with E-state index in [0.29, 0.717) is 16.8 Å². The first kappa shape index (κ1) is 13.9. The zero-order valence-electron chi connectivity index (χ0n) is 10.5. The van der Waals surface area contributed by atoms with Crippen LogP contribution in [0.25, 0.3) is 11.0 Å². The smallest absolute Gasteiger partial charge is 0.255 e. The molecule has 7 heteroatoms. The maximum Gasteiger partial charge on any atom is 0.255 e. The molecule has 0 saturated heterocycles. The van der Waals surface area contributed by atoms with Gasteiger partial charge in [-0.3, -0.25) is 14.8 Å². The molecule has 0 spiro atoms. The average Bonchev–Trinajstić information content (AvgIpc) is 2.50. The second kappa shape index (κ2) is 5.75. The van der Waals surface area contributed by atoms with Crippen molar-refractivity contribution in [1.29, 1.82) is 0 Å². The maximum absolute atomic E-state index is 12.3. The predicted octanol–water partition coefficient (Wildman–Crippen LogP) is 3.69. The first-order valence-electron chi connectivity index (χ1n) is 5.96. The number of hydrogen-bond donors (Lipinski definition) is 1. The molecule has 104 valence electrons. The van der Waals surface area contributed by atoms with E-state index in [1.807, 2.05) is 0 Å². The second-order valence-electron chi connectivity index (χ2n) is 4.21. The number of fused-ring (bicyclic) bond motifs is 1. The van der Waals surface area contributed by atoms with Gasteiger partial charge in [-0.1, -0.05) is 11.6 Å². The van der Waals surface area contributed by atoms with E-state index in [-0.39, 0.29) is 11.1 Å². The molecule has 21 heavy (non-hydrogen) atoms. The molecule has 0 radical (unpaired) electrons. The number of nitrogens with one attached hydrogen (secondary N) is 1. The quantitative estimate of drug-likeness (QED) is 0.705. The van der Waals surface area contributed by atoms with E-state index in [1.54, 1.807) is 42.9 Å². The van der Waals surface area contributed by atoms with Gasteiger partial charge in [0.05, 0.1) is 16.7 Å². The molecule has 0 aliphatic rings. The molecule has 0 saturated carbocycles. The van der Waals surface area contributed by atoms with Gasteiger partial charge in [-0.05, 0) is 40.2 Å². The molecule has 2 aromatic heterocycles. The van der Waals surface area contributed by atoms with Crippen molar-refractivity contribution >= 4 is 50.2 Å². The Morgan fingerprint density at radius 1 is 1.10 bits per heavy atom. The first-order valence-corrected chi connectivity index (χ1v) is 7.14. The highest BCUT2D eigenvalue weighted by Crippen LogP contribution is 2.23. The Balaban J connectivity index is 1.91. The predicted molar refractivity (Wildman–Crippen MR) is 84.4 cm³/mol. The van der Waals surface area contributed by atoms with Crippen LogP contribution in [-0.4, -0.2) is 20.9 Å². The number of rotatable bonds is 2. The van der Waals surface area contributed by atoms with E-state index >= 15 is 0 Å². The standard InChI is InChI=1S/C14H8BrClN4O/c15-9-6-12(13(16)19-7-9)20-14(21)8-1-2-10-11(5-8)18-4-3-17-10/h1-7H,(H,20,21). The molecule has 5 nitrogen and oxygen atoms in total. The van der Waals surface area contributed by atoms with Gasteiger partial charge in [-0.25, -0.2) is 4.98 Å². The van der Waals surface area contributed by atoms with Crippen molar-refractivity contribution in [3.05, 3.63) is 58.0 Å². The fraction of sp³-hybridized carbons (Fsp3) is 0. The molecule has 2 heterocycles. The van der Waals surface area contributed by atoms with Gasteiger partial charge in [0.2, 0.25) is 0 Å². The van der Waals surface area contributed by atoms with Gasteiger partial charge in [-0.2, -0.15) is 0 Å². The van der Waals surface area contributed by atoms with Crippen LogP contribution < -0.4 is 5.32 Å². The van der Waals surface area contributed by atoms with Crippen LogP contribution in [0.4, 0.5) is 5.69 Å². The Labute approximate surface area is 133 Å². The molecular formula is C14H8BrClN4O. The Hall–Kier alpha value is -2.05. The summed E-state index contributed by atoms with van der Waals surface area (Å²) in [6.07, 6.45) is 4.75. The Bertz CT molecular complexity index is 840. The van der Waals surface area contributed by atoms with Gasteiger partial charge < -0.3 is 5.32 Å². The topological polar surface area (TPSA) is 67.8 Å². The average molecular weight is 364 g/mol. The van der Waals surface area contributed by atoms with Crippen LogP contribution in [0.2, 0.25) is 5.15 Å². The van der Waals surface area contributed by atoms with Crippen molar-refractivity contribution in [3.8, 4) is 0 Å². The summed E-state index contributed by atoms with van der Waals surface area (Å²) in [6.45, 7) is 0. The number of anilines is 1. The highest BCUT2D eigenvalue weighted by Gasteiger charge is 2.11. The van der Waals surface area contributed by atoms with E-state index < -0.39 is 0 Å². The minimum atomic E-state index is -0.288. The molecule has 0 unspecified atom stereocenters. The number of nitrogens with zero attached hydrogens (tertiary/aromatic N) is 3. The highest BCUT2D eigenvalue weighted by atomic mass is 79.9. The van der Waals surface area contributed by atoms with Gasteiger partial charge in [0.15, 0.2) is 5.15 Å². The third-order valence-corrected chi connectivity index (χ3v) is 3.52. The lowest BCUT2D eigenvalue weighted by Gasteiger charge is -2.07. The fourth-order valence-electron chi connectivity index (χ4n) is 1.81. The minimum absolute atomic E-state index is 0.229. The van der Waals surface area contributed by atoms with Gasteiger partial charge in [0.1, 0.15) is 0 Å². The Morgan fingerprint density at radius 3 is 2.67 bits per heavy atom. The summed E-state index contributed by atoms with van der Waals surface area (Å²) in [5.41, 5.74) is 2.30. The van der Waals surface area contributed by atoms with E-state index in [0.717, 1.165) is 9.99 Å². The normalized spacial score (nSPS) is 10.6. The van der Waals surface area contributed by atoms with E-state index in [4.69, 9.17) is 11.6 Å².